The van der Waals surface area contributed by atoms with Gasteiger partial charge in [-0.05, 0) is 43.7 Å². The summed E-state index contributed by atoms with van der Waals surface area (Å²) >= 11 is 1.24. The number of sulfone groups is 1. The normalized spacial score (nSPS) is 15.9. The Morgan fingerprint density at radius 3 is 2.50 bits per heavy atom. The van der Waals surface area contributed by atoms with E-state index in [2.05, 4.69) is 15.2 Å². The lowest BCUT2D eigenvalue weighted by Crippen LogP contribution is -2.27. The molecule has 0 amide bonds. The molecule has 0 atom stereocenters. The summed E-state index contributed by atoms with van der Waals surface area (Å²) in [5.41, 5.74) is 2.61. The molecule has 0 fully saturated rings. The Bertz CT molecular complexity index is 1210. The van der Waals surface area contributed by atoms with Crippen molar-refractivity contribution in [3.63, 3.8) is 0 Å². The minimum Gasteiger partial charge on any atom is -0.492 e. The van der Waals surface area contributed by atoms with E-state index in [9.17, 15) is 13.5 Å². The third-order valence-corrected chi connectivity index (χ3v) is 6.69. The molecule has 0 spiro atoms. The molecule has 0 unspecified atom stereocenters. The van der Waals surface area contributed by atoms with Gasteiger partial charge in [-0.1, -0.05) is 24.3 Å². The zero-order chi connectivity index (χ0) is 19.9. The van der Waals surface area contributed by atoms with Crippen LogP contribution in [0.4, 0.5) is 16.5 Å². The Balaban J connectivity index is 1.94. The highest BCUT2D eigenvalue weighted by Crippen LogP contribution is 2.43. The molecule has 0 aliphatic carbocycles. The molecule has 0 radical (unpaired) electrons. The van der Waals surface area contributed by atoms with E-state index in [0.29, 0.717) is 16.5 Å². The molecule has 1 N–H and O–H groups in total. The molecule has 1 aliphatic heterocycles. The Morgan fingerprint density at radius 1 is 1.07 bits per heavy atom. The smallest absolute Gasteiger partial charge is 0.242 e. The molecule has 1 aliphatic rings. The molecule has 9 heteroatoms. The Hall–Kier alpha value is -3.04. The van der Waals surface area contributed by atoms with Gasteiger partial charge in [-0.15, -0.1) is 21.6 Å². The number of hydrogen-bond donors (Lipinski definition) is 1. The fourth-order valence-electron chi connectivity index (χ4n) is 2.88. The Morgan fingerprint density at radius 2 is 1.82 bits per heavy atom. The van der Waals surface area contributed by atoms with E-state index in [-0.39, 0.29) is 4.90 Å². The van der Waals surface area contributed by atoms with Gasteiger partial charge >= 0.3 is 0 Å². The topological polar surface area (TPSA) is 95.2 Å². The van der Waals surface area contributed by atoms with Crippen LogP contribution in [0.15, 0.2) is 79.9 Å². The lowest BCUT2D eigenvalue weighted by atomic mass is 10.2. The van der Waals surface area contributed by atoms with E-state index < -0.39 is 20.7 Å². The first-order valence-corrected chi connectivity index (χ1v) is 10.7. The maximum atomic E-state index is 13.1. The second-order valence-corrected chi connectivity index (χ2v) is 8.92. The van der Waals surface area contributed by atoms with Gasteiger partial charge in [0, 0.05) is 11.1 Å². The van der Waals surface area contributed by atoms with Gasteiger partial charge in [0.15, 0.2) is 0 Å². The molecule has 7 nitrogen and oxygen atoms in total. The largest absolute Gasteiger partial charge is 0.492 e. The molecule has 2 heterocycles. The number of hydrogen-bond acceptors (Lipinski definition) is 8. The molecule has 2 aromatic carbocycles. The maximum absolute atomic E-state index is 13.1. The summed E-state index contributed by atoms with van der Waals surface area (Å²) in [5.74, 6) is -0.499. The number of aryl methyl sites for hydroxylation is 2. The third-order valence-electron chi connectivity index (χ3n) is 4.15. The molecule has 4 rings (SSSR count). The van der Waals surface area contributed by atoms with Gasteiger partial charge in [0.2, 0.25) is 25.9 Å². The summed E-state index contributed by atoms with van der Waals surface area (Å²) in [4.78, 5) is 5.67. The fourth-order valence-corrected chi connectivity index (χ4v) is 4.85. The lowest BCUT2D eigenvalue weighted by Gasteiger charge is -2.30. The number of aliphatic hydroxyl groups excluding tert-OH is 1. The van der Waals surface area contributed by atoms with Crippen LogP contribution in [-0.2, 0) is 9.84 Å². The van der Waals surface area contributed by atoms with Crippen LogP contribution in [0.1, 0.15) is 11.3 Å². The highest BCUT2D eigenvalue weighted by molar-refractivity contribution is 7.95. The van der Waals surface area contributed by atoms with Crippen molar-refractivity contribution in [2.24, 2.45) is 10.2 Å². The number of rotatable bonds is 3. The third kappa shape index (κ3) is 3.08. The van der Waals surface area contributed by atoms with Gasteiger partial charge in [0.05, 0.1) is 16.3 Å². The first kappa shape index (κ1) is 18.3. The number of fused-ring (bicyclic) bond motifs is 1. The van der Waals surface area contributed by atoms with Crippen LogP contribution in [-0.4, -0.2) is 18.5 Å². The Kier molecular flexibility index (Phi) is 4.48. The second-order valence-electron chi connectivity index (χ2n) is 6.25. The summed E-state index contributed by atoms with van der Waals surface area (Å²) in [5, 5.41) is 20.3. The molecular formula is C19H16N4O3S2. The molecule has 0 bridgehead atoms. The number of aliphatic hydroxyl groups is 1. The number of para-hydroxylation sites is 1. The van der Waals surface area contributed by atoms with Crippen molar-refractivity contribution in [1.29, 1.82) is 0 Å². The monoisotopic (exact) mass is 412 g/mol. The second kappa shape index (κ2) is 6.84. The summed E-state index contributed by atoms with van der Waals surface area (Å²) in [6, 6.07) is 14.0. The van der Waals surface area contributed by atoms with E-state index in [0.717, 1.165) is 11.3 Å². The molecule has 142 valence electrons. The summed E-state index contributed by atoms with van der Waals surface area (Å²) in [6.07, 6.45) is 0. The number of aromatic nitrogens is 1. The Labute approximate surface area is 166 Å². The first-order valence-electron chi connectivity index (χ1n) is 8.36. The zero-order valence-corrected chi connectivity index (χ0v) is 16.7. The van der Waals surface area contributed by atoms with Gasteiger partial charge in [0.1, 0.15) is 0 Å². The number of thiazole rings is 1. The standard InChI is InChI=1S/C19H16N4O3S2/c1-12-8-9-16-15(10-12)23(14-6-4-3-5-7-14)18(24)17(28(16,25)26)21-22-19-20-13(2)11-27-19/h3-11,24H,1-2H3. The fraction of sp³-hybridized carbons (Fsp3) is 0.105. The molecule has 28 heavy (non-hydrogen) atoms. The number of azo groups is 1. The van der Waals surface area contributed by atoms with Crippen LogP contribution >= 0.6 is 11.3 Å². The first-order chi connectivity index (χ1) is 13.4. The van der Waals surface area contributed by atoms with Crippen molar-refractivity contribution in [3.8, 4) is 0 Å². The molecule has 0 saturated carbocycles. The summed E-state index contributed by atoms with van der Waals surface area (Å²) in [6.45, 7) is 3.66. The number of nitrogens with zero attached hydrogens (tertiary/aromatic N) is 4. The average Bonchev–Trinajstić information content (AvgIpc) is 3.07. The molecule has 0 saturated heterocycles. The SMILES string of the molecule is Cc1ccc2c(c1)N(c1ccccc1)C(O)=C(N=Nc1nc(C)cs1)S2(=O)=O. The van der Waals surface area contributed by atoms with Crippen LogP contribution in [0.5, 0.6) is 0 Å². The van der Waals surface area contributed by atoms with E-state index in [4.69, 9.17) is 0 Å². The van der Waals surface area contributed by atoms with Crippen molar-refractivity contribution in [1.82, 2.24) is 4.98 Å². The van der Waals surface area contributed by atoms with Crippen molar-refractivity contribution in [2.45, 2.75) is 18.7 Å². The van der Waals surface area contributed by atoms with E-state index in [1.807, 2.05) is 13.0 Å². The average molecular weight is 412 g/mol. The van der Waals surface area contributed by atoms with E-state index in [1.165, 1.54) is 22.3 Å². The minimum absolute atomic E-state index is 0.0593. The van der Waals surface area contributed by atoms with Gasteiger partial charge in [-0.3, -0.25) is 4.90 Å². The highest BCUT2D eigenvalue weighted by atomic mass is 32.2. The minimum atomic E-state index is -4.05. The maximum Gasteiger partial charge on any atom is 0.242 e. The predicted octanol–water partition coefficient (Wildman–Crippen LogP) is 5.15. The molecule has 1 aromatic heterocycles. The summed E-state index contributed by atoms with van der Waals surface area (Å²) in [7, 11) is -4.05. The van der Waals surface area contributed by atoms with Crippen LogP contribution in [0.25, 0.3) is 0 Å². The zero-order valence-electron chi connectivity index (χ0n) is 15.1. The lowest BCUT2D eigenvalue weighted by molar-refractivity contribution is 0.395. The summed E-state index contributed by atoms with van der Waals surface area (Å²) < 4.78 is 26.2. The van der Waals surface area contributed by atoms with Gasteiger partial charge < -0.3 is 5.11 Å². The van der Waals surface area contributed by atoms with Gasteiger partial charge in [-0.25, -0.2) is 13.4 Å². The van der Waals surface area contributed by atoms with Gasteiger partial charge in [-0.2, -0.15) is 0 Å². The van der Waals surface area contributed by atoms with E-state index in [1.54, 1.807) is 48.7 Å². The van der Waals surface area contributed by atoms with Crippen molar-refractivity contribution in [2.75, 3.05) is 4.90 Å². The molecular weight excluding hydrogens is 396 g/mol. The van der Waals surface area contributed by atoms with Crippen LogP contribution in [0.3, 0.4) is 0 Å². The molecule has 3 aromatic rings. The van der Waals surface area contributed by atoms with Crippen molar-refractivity contribution in [3.05, 3.63) is 76.1 Å². The van der Waals surface area contributed by atoms with E-state index >= 15 is 0 Å². The predicted molar refractivity (Wildman–Crippen MR) is 108 cm³/mol. The number of benzene rings is 2. The quantitative estimate of drug-likeness (QED) is 0.600. The highest BCUT2D eigenvalue weighted by Gasteiger charge is 2.38. The van der Waals surface area contributed by atoms with Crippen LogP contribution in [0, 0.1) is 13.8 Å². The van der Waals surface area contributed by atoms with Crippen LogP contribution in [0.2, 0.25) is 0 Å². The number of anilines is 2. The van der Waals surface area contributed by atoms with Gasteiger partial charge in [0.25, 0.3) is 0 Å². The van der Waals surface area contributed by atoms with Crippen molar-refractivity contribution < 1.29 is 13.5 Å². The van der Waals surface area contributed by atoms with Crippen LogP contribution < -0.4 is 4.90 Å². The van der Waals surface area contributed by atoms with Crippen molar-refractivity contribution >= 4 is 37.7 Å².